The fourth-order valence-corrected chi connectivity index (χ4v) is 1.95. The summed E-state index contributed by atoms with van der Waals surface area (Å²) in [6.45, 7) is 3.83. The van der Waals surface area contributed by atoms with E-state index in [2.05, 4.69) is 0 Å². The van der Waals surface area contributed by atoms with Gasteiger partial charge in [0.25, 0.3) is 0 Å². The van der Waals surface area contributed by atoms with Crippen molar-refractivity contribution in [1.82, 2.24) is 0 Å². The van der Waals surface area contributed by atoms with Crippen molar-refractivity contribution in [3.63, 3.8) is 0 Å². The summed E-state index contributed by atoms with van der Waals surface area (Å²) in [6, 6.07) is 4.99. The van der Waals surface area contributed by atoms with Crippen LogP contribution in [0.2, 0.25) is 0 Å². The second-order valence-electron chi connectivity index (χ2n) is 4.35. The number of rotatable bonds is 5. The molecule has 1 nitrogen and oxygen atoms in total. The maximum Gasteiger partial charge on any atom is 0.416 e. The zero-order chi connectivity index (χ0) is 13.8. The van der Waals surface area contributed by atoms with Crippen LogP contribution in [-0.4, -0.2) is 5.78 Å². The molecule has 0 spiro atoms. The number of carbonyl (C=O) groups is 1. The molecule has 0 aliphatic carbocycles. The second kappa shape index (κ2) is 6.03. The molecule has 0 aliphatic rings. The van der Waals surface area contributed by atoms with Crippen LogP contribution in [0.3, 0.4) is 0 Å². The summed E-state index contributed by atoms with van der Waals surface area (Å²) in [5, 5.41) is 0. The summed E-state index contributed by atoms with van der Waals surface area (Å²) >= 11 is 0. The van der Waals surface area contributed by atoms with E-state index < -0.39 is 11.7 Å². The van der Waals surface area contributed by atoms with Gasteiger partial charge < -0.3 is 0 Å². The van der Waals surface area contributed by atoms with E-state index in [0.717, 1.165) is 25.0 Å². The van der Waals surface area contributed by atoms with Crippen LogP contribution in [0.1, 0.15) is 37.8 Å². The average Bonchev–Trinajstić information content (AvgIpc) is 2.29. The van der Waals surface area contributed by atoms with Gasteiger partial charge in [-0.05, 0) is 24.5 Å². The SMILES string of the molecule is CCC(CC)C(=O)Cc1cccc(C(F)(F)F)c1. The Morgan fingerprint density at radius 2 is 1.83 bits per heavy atom. The van der Waals surface area contributed by atoms with Crippen molar-refractivity contribution < 1.29 is 18.0 Å². The molecule has 1 rings (SSSR count). The largest absolute Gasteiger partial charge is 0.416 e. The Morgan fingerprint density at radius 3 is 2.33 bits per heavy atom. The first-order valence-corrected chi connectivity index (χ1v) is 6.07. The third kappa shape index (κ3) is 3.86. The standard InChI is InChI=1S/C14H17F3O/c1-3-11(4-2)13(18)9-10-6-5-7-12(8-10)14(15,16)17/h5-8,11H,3-4,9H2,1-2H3. The van der Waals surface area contributed by atoms with Crippen molar-refractivity contribution in [2.45, 2.75) is 39.3 Å². The Labute approximate surface area is 105 Å². The molecule has 0 bridgehead atoms. The lowest BCUT2D eigenvalue weighted by Gasteiger charge is -2.12. The maximum atomic E-state index is 12.5. The fraction of sp³-hybridized carbons (Fsp3) is 0.500. The van der Waals surface area contributed by atoms with Gasteiger partial charge in [-0.2, -0.15) is 13.2 Å². The molecule has 0 aliphatic heterocycles. The third-order valence-corrected chi connectivity index (χ3v) is 3.07. The molecule has 100 valence electrons. The molecule has 0 atom stereocenters. The van der Waals surface area contributed by atoms with Crippen molar-refractivity contribution in [3.05, 3.63) is 35.4 Å². The number of Topliss-reactive ketones (excluding diaryl/α,β-unsaturated/α-hetero) is 1. The van der Waals surface area contributed by atoms with Crippen LogP contribution < -0.4 is 0 Å². The number of alkyl halides is 3. The Hall–Kier alpha value is -1.32. The van der Waals surface area contributed by atoms with Crippen LogP contribution in [0, 0.1) is 5.92 Å². The van der Waals surface area contributed by atoms with E-state index in [1.165, 1.54) is 6.07 Å². The highest BCUT2D eigenvalue weighted by Crippen LogP contribution is 2.29. The number of hydrogen-bond donors (Lipinski definition) is 0. The minimum atomic E-state index is -4.35. The Morgan fingerprint density at radius 1 is 1.22 bits per heavy atom. The van der Waals surface area contributed by atoms with Crippen molar-refractivity contribution in [3.8, 4) is 0 Å². The number of hydrogen-bond acceptors (Lipinski definition) is 1. The summed E-state index contributed by atoms with van der Waals surface area (Å²) in [7, 11) is 0. The van der Waals surface area contributed by atoms with Crippen LogP contribution in [0.25, 0.3) is 0 Å². The van der Waals surface area contributed by atoms with Gasteiger partial charge >= 0.3 is 6.18 Å². The molecule has 1 aromatic carbocycles. The molecule has 0 amide bonds. The van der Waals surface area contributed by atoms with E-state index in [-0.39, 0.29) is 18.1 Å². The van der Waals surface area contributed by atoms with Gasteiger partial charge in [-0.1, -0.05) is 32.0 Å². The zero-order valence-electron chi connectivity index (χ0n) is 10.6. The topological polar surface area (TPSA) is 17.1 Å². The Bertz CT molecular complexity index is 406. The first-order valence-electron chi connectivity index (χ1n) is 6.07. The minimum Gasteiger partial charge on any atom is -0.299 e. The van der Waals surface area contributed by atoms with E-state index >= 15 is 0 Å². The Balaban J connectivity index is 2.83. The molecular weight excluding hydrogens is 241 g/mol. The van der Waals surface area contributed by atoms with Gasteiger partial charge in [-0.15, -0.1) is 0 Å². The van der Waals surface area contributed by atoms with Gasteiger partial charge in [-0.25, -0.2) is 0 Å². The fourth-order valence-electron chi connectivity index (χ4n) is 1.95. The molecule has 1 aromatic rings. The highest BCUT2D eigenvalue weighted by atomic mass is 19.4. The van der Waals surface area contributed by atoms with E-state index in [1.54, 1.807) is 6.07 Å². The smallest absolute Gasteiger partial charge is 0.299 e. The second-order valence-corrected chi connectivity index (χ2v) is 4.35. The molecule has 0 unspecified atom stereocenters. The number of carbonyl (C=O) groups excluding carboxylic acids is 1. The van der Waals surface area contributed by atoms with E-state index in [9.17, 15) is 18.0 Å². The monoisotopic (exact) mass is 258 g/mol. The average molecular weight is 258 g/mol. The molecule has 0 aromatic heterocycles. The molecule has 0 fully saturated rings. The van der Waals surface area contributed by atoms with Crippen LogP contribution >= 0.6 is 0 Å². The van der Waals surface area contributed by atoms with Crippen molar-refractivity contribution in [1.29, 1.82) is 0 Å². The molecule has 4 heteroatoms. The Kier molecular flexibility index (Phi) is 4.93. The van der Waals surface area contributed by atoms with Crippen molar-refractivity contribution >= 4 is 5.78 Å². The van der Waals surface area contributed by atoms with Crippen molar-refractivity contribution in [2.75, 3.05) is 0 Å². The zero-order valence-corrected chi connectivity index (χ0v) is 10.6. The predicted molar refractivity (Wildman–Crippen MR) is 64.2 cm³/mol. The summed E-state index contributed by atoms with van der Waals surface area (Å²) in [5.41, 5.74) is -0.265. The number of halogens is 3. The molecule has 0 saturated heterocycles. The van der Waals surface area contributed by atoms with E-state index in [0.29, 0.717) is 5.56 Å². The van der Waals surface area contributed by atoms with E-state index in [4.69, 9.17) is 0 Å². The lowest BCUT2D eigenvalue weighted by Crippen LogP contribution is -2.15. The highest BCUT2D eigenvalue weighted by molar-refractivity contribution is 5.83. The van der Waals surface area contributed by atoms with Crippen LogP contribution in [0.15, 0.2) is 24.3 Å². The summed E-state index contributed by atoms with van der Waals surface area (Å²) in [5.74, 6) is -0.0427. The predicted octanol–water partition coefficient (Wildman–Crippen LogP) is 4.25. The highest BCUT2D eigenvalue weighted by Gasteiger charge is 2.30. The maximum absolute atomic E-state index is 12.5. The molecule has 0 heterocycles. The third-order valence-electron chi connectivity index (χ3n) is 3.07. The molecular formula is C14H17F3O. The summed E-state index contributed by atoms with van der Waals surface area (Å²) in [4.78, 5) is 11.9. The minimum absolute atomic E-state index is 0.0133. The van der Waals surface area contributed by atoms with Gasteiger partial charge in [0.2, 0.25) is 0 Å². The van der Waals surface area contributed by atoms with Gasteiger partial charge in [0.05, 0.1) is 5.56 Å². The lowest BCUT2D eigenvalue weighted by molar-refractivity contribution is -0.137. The van der Waals surface area contributed by atoms with Crippen LogP contribution in [0.5, 0.6) is 0 Å². The van der Waals surface area contributed by atoms with Gasteiger partial charge in [0.1, 0.15) is 5.78 Å². The normalized spacial score (nSPS) is 11.9. The molecule has 0 saturated carbocycles. The van der Waals surface area contributed by atoms with E-state index in [1.807, 2.05) is 13.8 Å². The quantitative estimate of drug-likeness (QED) is 0.771. The van der Waals surface area contributed by atoms with Gasteiger partial charge in [0.15, 0.2) is 0 Å². The van der Waals surface area contributed by atoms with Gasteiger partial charge in [-0.3, -0.25) is 4.79 Å². The number of ketones is 1. The summed E-state index contributed by atoms with van der Waals surface area (Å²) < 4.78 is 37.5. The molecule has 0 radical (unpaired) electrons. The van der Waals surface area contributed by atoms with Gasteiger partial charge in [0, 0.05) is 12.3 Å². The lowest BCUT2D eigenvalue weighted by atomic mass is 9.93. The summed E-state index contributed by atoms with van der Waals surface area (Å²) in [6.07, 6.45) is -2.81. The number of benzene rings is 1. The molecule has 0 N–H and O–H groups in total. The van der Waals surface area contributed by atoms with Crippen molar-refractivity contribution in [2.24, 2.45) is 5.92 Å². The van der Waals surface area contributed by atoms with Crippen LogP contribution in [0.4, 0.5) is 13.2 Å². The van der Waals surface area contributed by atoms with Crippen LogP contribution in [-0.2, 0) is 17.4 Å². The first kappa shape index (κ1) is 14.7. The first-order chi connectivity index (χ1) is 8.38. The molecule has 18 heavy (non-hydrogen) atoms.